The zero-order valence-electron chi connectivity index (χ0n) is 7.19. The molecule has 1 rings (SSSR count). The van der Waals surface area contributed by atoms with Crippen molar-refractivity contribution in [1.29, 1.82) is 5.26 Å². The van der Waals surface area contributed by atoms with Crippen molar-refractivity contribution in [1.82, 2.24) is 0 Å². The second-order valence-electron chi connectivity index (χ2n) is 2.84. The molecular weight excluding hydrogens is 170 g/mol. The molecule has 0 fully saturated rings. The van der Waals surface area contributed by atoms with E-state index in [0.29, 0.717) is 5.88 Å². The zero-order chi connectivity index (χ0) is 9.14. The standard InChI is InChI=1S/C10H10ClN/c1-7-3-8(2)10(6-12)4-9(7)5-11/h3-4H,5H2,1-2H3. The van der Waals surface area contributed by atoms with Gasteiger partial charge in [0, 0.05) is 5.88 Å². The van der Waals surface area contributed by atoms with E-state index in [0.717, 1.165) is 22.3 Å². The third-order valence-electron chi connectivity index (χ3n) is 1.95. The van der Waals surface area contributed by atoms with Crippen LogP contribution in [-0.4, -0.2) is 0 Å². The van der Waals surface area contributed by atoms with Crippen LogP contribution in [-0.2, 0) is 5.88 Å². The van der Waals surface area contributed by atoms with Gasteiger partial charge in [0.2, 0.25) is 0 Å². The van der Waals surface area contributed by atoms with Crippen LogP contribution in [0.3, 0.4) is 0 Å². The molecule has 0 bridgehead atoms. The second-order valence-corrected chi connectivity index (χ2v) is 3.11. The highest BCUT2D eigenvalue weighted by Gasteiger charge is 2.02. The van der Waals surface area contributed by atoms with E-state index in [1.807, 2.05) is 26.0 Å². The van der Waals surface area contributed by atoms with E-state index in [2.05, 4.69) is 6.07 Å². The number of nitriles is 1. The lowest BCUT2D eigenvalue weighted by molar-refractivity contribution is 1.25. The number of hydrogen-bond acceptors (Lipinski definition) is 1. The normalized spacial score (nSPS) is 9.50. The summed E-state index contributed by atoms with van der Waals surface area (Å²) in [5.41, 5.74) is 3.93. The van der Waals surface area contributed by atoms with Crippen LogP contribution in [0.2, 0.25) is 0 Å². The molecule has 2 heteroatoms. The minimum Gasteiger partial charge on any atom is -0.192 e. The summed E-state index contributed by atoms with van der Waals surface area (Å²) in [5, 5.41) is 8.74. The first-order valence-corrected chi connectivity index (χ1v) is 4.28. The van der Waals surface area contributed by atoms with Crippen molar-refractivity contribution in [2.24, 2.45) is 0 Å². The second kappa shape index (κ2) is 3.60. The van der Waals surface area contributed by atoms with Gasteiger partial charge in [-0.25, -0.2) is 0 Å². The number of halogens is 1. The molecule has 0 aromatic heterocycles. The predicted octanol–water partition coefficient (Wildman–Crippen LogP) is 2.91. The lowest BCUT2D eigenvalue weighted by Crippen LogP contribution is -1.90. The molecular formula is C10H10ClN. The van der Waals surface area contributed by atoms with Crippen LogP contribution in [0, 0.1) is 25.2 Å². The number of alkyl halides is 1. The topological polar surface area (TPSA) is 23.8 Å². The largest absolute Gasteiger partial charge is 0.192 e. The van der Waals surface area contributed by atoms with E-state index in [4.69, 9.17) is 16.9 Å². The fourth-order valence-electron chi connectivity index (χ4n) is 1.16. The van der Waals surface area contributed by atoms with E-state index < -0.39 is 0 Å². The van der Waals surface area contributed by atoms with Gasteiger partial charge in [0.1, 0.15) is 0 Å². The highest BCUT2D eigenvalue weighted by molar-refractivity contribution is 6.17. The molecule has 0 radical (unpaired) electrons. The first kappa shape index (κ1) is 9.09. The fraction of sp³-hybridized carbons (Fsp3) is 0.300. The van der Waals surface area contributed by atoms with Crippen molar-refractivity contribution in [2.75, 3.05) is 0 Å². The highest BCUT2D eigenvalue weighted by Crippen LogP contribution is 2.16. The van der Waals surface area contributed by atoms with Gasteiger partial charge in [0.25, 0.3) is 0 Å². The van der Waals surface area contributed by atoms with Crippen LogP contribution in [0.1, 0.15) is 22.3 Å². The minimum absolute atomic E-state index is 0.473. The highest BCUT2D eigenvalue weighted by atomic mass is 35.5. The lowest BCUT2D eigenvalue weighted by atomic mass is 10.0. The third kappa shape index (κ3) is 1.60. The van der Waals surface area contributed by atoms with Crippen LogP contribution >= 0.6 is 11.6 Å². The van der Waals surface area contributed by atoms with Gasteiger partial charge >= 0.3 is 0 Å². The fourth-order valence-corrected chi connectivity index (χ4v) is 1.45. The van der Waals surface area contributed by atoms with Gasteiger partial charge in [-0.1, -0.05) is 6.07 Å². The number of aryl methyl sites for hydroxylation is 2. The Kier molecular flexibility index (Phi) is 2.73. The van der Waals surface area contributed by atoms with Gasteiger partial charge < -0.3 is 0 Å². The summed E-state index contributed by atoms with van der Waals surface area (Å²) in [6.07, 6.45) is 0. The number of hydrogen-bond donors (Lipinski definition) is 0. The Morgan fingerprint density at radius 1 is 1.33 bits per heavy atom. The third-order valence-corrected chi connectivity index (χ3v) is 2.24. The van der Waals surface area contributed by atoms with Crippen molar-refractivity contribution < 1.29 is 0 Å². The van der Waals surface area contributed by atoms with Crippen molar-refractivity contribution in [2.45, 2.75) is 19.7 Å². The maximum atomic E-state index is 8.74. The van der Waals surface area contributed by atoms with Crippen LogP contribution in [0.4, 0.5) is 0 Å². The van der Waals surface area contributed by atoms with E-state index in [1.165, 1.54) is 0 Å². The Morgan fingerprint density at radius 2 is 2.00 bits per heavy atom. The van der Waals surface area contributed by atoms with Gasteiger partial charge in [-0.3, -0.25) is 0 Å². The van der Waals surface area contributed by atoms with E-state index >= 15 is 0 Å². The maximum absolute atomic E-state index is 8.74. The molecule has 0 unspecified atom stereocenters. The Morgan fingerprint density at radius 3 is 2.50 bits per heavy atom. The van der Waals surface area contributed by atoms with Crippen molar-refractivity contribution >= 4 is 11.6 Å². The molecule has 0 heterocycles. The summed E-state index contributed by atoms with van der Waals surface area (Å²) < 4.78 is 0. The van der Waals surface area contributed by atoms with Crippen LogP contribution in [0.25, 0.3) is 0 Å². The van der Waals surface area contributed by atoms with E-state index in [9.17, 15) is 0 Å². The Balaban J connectivity index is 3.30. The Bertz CT molecular complexity index is 336. The van der Waals surface area contributed by atoms with E-state index in [1.54, 1.807) is 0 Å². The number of rotatable bonds is 1. The molecule has 0 aliphatic carbocycles. The van der Waals surface area contributed by atoms with Crippen molar-refractivity contribution in [3.05, 3.63) is 34.4 Å². The zero-order valence-corrected chi connectivity index (χ0v) is 7.94. The SMILES string of the molecule is Cc1cc(C)c(CCl)cc1C#N. The summed E-state index contributed by atoms with van der Waals surface area (Å²) in [7, 11) is 0. The molecule has 0 N–H and O–H groups in total. The monoisotopic (exact) mass is 179 g/mol. The molecule has 0 spiro atoms. The quantitative estimate of drug-likeness (QED) is 0.609. The average molecular weight is 180 g/mol. The first-order chi connectivity index (χ1) is 5.69. The van der Waals surface area contributed by atoms with Crippen LogP contribution in [0.5, 0.6) is 0 Å². The number of benzene rings is 1. The van der Waals surface area contributed by atoms with Gasteiger partial charge in [-0.05, 0) is 36.6 Å². The molecule has 1 aromatic carbocycles. The molecule has 0 saturated carbocycles. The summed E-state index contributed by atoms with van der Waals surface area (Å²) in [4.78, 5) is 0. The molecule has 1 nitrogen and oxygen atoms in total. The molecule has 0 amide bonds. The smallest absolute Gasteiger partial charge is 0.0994 e. The van der Waals surface area contributed by atoms with Gasteiger partial charge in [0.15, 0.2) is 0 Å². The summed E-state index contributed by atoms with van der Waals surface area (Å²) in [5.74, 6) is 0.473. The first-order valence-electron chi connectivity index (χ1n) is 3.75. The van der Waals surface area contributed by atoms with Crippen molar-refractivity contribution in [3.63, 3.8) is 0 Å². The maximum Gasteiger partial charge on any atom is 0.0994 e. The molecule has 0 aliphatic rings. The Hall–Kier alpha value is -1.00. The number of nitrogens with zero attached hydrogens (tertiary/aromatic N) is 1. The summed E-state index contributed by atoms with van der Waals surface area (Å²) >= 11 is 5.70. The minimum atomic E-state index is 0.473. The molecule has 0 saturated heterocycles. The summed E-state index contributed by atoms with van der Waals surface area (Å²) in [6, 6.07) is 5.99. The van der Waals surface area contributed by atoms with Crippen LogP contribution < -0.4 is 0 Å². The molecule has 12 heavy (non-hydrogen) atoms. The predicted molar refractivity (Wildman–Crippen MR) is 50.2 cm³/mol. The van der Waals surface area contributed by atoms with Gasteiger partial charge in [-0.15, -0.1) is 11.6 Å². The summed E-state index contributed by atoms with van der Waals surface area (Å²) in [6.45, 7) is 3.94. The molecule has 62 valence electrons. The van der Waals surface area contributed by atoms with Crippen LogP contribution in [0.15, 0.2) is 12.1 Å². The Labute approximate surface area is 77.6 Å². The van der Waals surface area contributed by atoms with Crippen molar-refractivity contribution in [3.8, 4) is 6.07 Å². The van der Waals surface area contributed by atoms with Gasteiger partial charge in [-0.2, -0.15) is 5.26 Å². The average Bonchev–Trinajstić information content (AvgIpc) is 2.05. The van der Waals surface area contributed by atoms with E-state index in [-0.39, 0.29) is 0 Å². The lowest BCUT2D eigenvalue weighted by Gasteiger charge is -2.04. The molecule has 0 atom stereocenters. The van der Waals surface area contributed by atoms with Gasteiger partial charge in [0.05, 0.1) is 11.6 Å². The molecule has 0 aliphatic heterocycles. The molecule has 1 aromatic rings.